The van der Waals surface area contributed by atoms with Crippen molar-refractivity contribution in [3.63, 3.8) is 0 Å². The molecule has 0 aromatic heterocycles. The zero-order chi connectivity index (χ0) is 22.5. The fraction of sp³-hybridized carbons (Fsp3) is 0.179. The zero-order valence-electron chi connectivity index (χ0n) is 18.3. The third-order valence-corrected chi connectivity index (χ3v) is 6.18. The maximum Gasteiger partial charge on any atom is 0.333 e. The van der Waals surface area contributed by atoms with E-state index in [0.29, 0.717) is 18.8 Å². The van der Waals surface area contributed by atoms with Crippen molar-refractivity contribution >= 4 is 39.3 Å². The van der Waals surface area contributed by atoms with E-state index in [-0.39, 0.29) is 12.1 Å². The van der Waals surface area contributed by atoms with Gasteiger partial charge in [0.25, 0.3) is 0 Å². The maximum atomic E-state index is 11.7. The molecule has 0 radical (unpaired) electrons. The summed E-state index contributed by atoms with van der Waals surface area (Å²) in [6.07, 6.45) is -0.343. The van der Waals surface area contributed by atoms with Crippen LogP contribution in [0.4, 0.5) is 0 Å². The number of esters is 1. The van der Waals surface area contributed by atoms with E-state index in [1.165, 1.54) is 31.3 Å². The van der Waals surface area contributed by atoms with Gasteiger partial charge in [0.15, 0.2) is 0 Å². The second kappa shape index (κ2) is 10.0. The Morgan fingerprint density at radius 2 is 1.62 bits per heavy atom. The lowest BCUT2D eigenvalue weighted by molar-refractivity contribution is -0.146. The molecule has 3 nitrogen and oxygen atoms in total. The van der Waals surface area contributed by atoms with Crippen LogP contribution in [0.25, 0.3) is 21.5 Å². The second-order valence-electron chi connectivity index (χ2n) is 7.89. The molecule has 162 valence electrons. The van der Waals surface area contributed by atoms with Crippen molar-refractivity contribution < 1.29 is 14.3 Å². The number of ether oxygens (including phenoxy) is 2. The summed E-state index contributed by atoms with van der Waals surface area (Å²) >= 11 is 1.75. The molecule has 4 aromatic rings. The van der Waals surface area contributed by atoms with Crippen LogP contribution < -0.4 is 0 Å². The highest BCUT2D eigenvalue weighted by atomic mass is 32.2. The van der Waals surface area contributed by atoms with Crippen molar-refractivity contribution in [2.75, 3.05) is 6.61 Å². The highest BCUT2D eigenvalue weighted by Crippen LogP contribution is 2.34. The predicted octanol–water partition coefficient (Wildman–Crippen LogP) is 7.17. The van der Waals surface area contributed by atoms with Crippen LogP contribution in [0.15, 0.2) is 101 Å². The molecular weight excluding hydrogens is 416 g/mol. The summed E-state index contributed by atoms with van der Waals surface area (Å²) in [6, 6.07) is 27.5. The van der Waals surface area contributed by atoms with Crippen LogP contribution in [0.2, 0.25) is 0 Å². The zero-order valence-corrected chi connectivity index (χ0v) is 19.2. The van der Waals surface area contributed by atoms with Gasteiger partial charge in [-0.15, -0.1) is 0 Å². The van der Waals surface area contributed by atoms with E-state index in [4.69, 9.17) is 9.47 Å². The fourth-order valence-electron chi connectivity index (χ4n) is 3.62. The average Bonchev–Trinajstić information content (AvgIpc) is 2.79. The van der Waals surface area contributed by atoms with E-state index < -0.39 is 0 Å². The molecule has 0 saturated carbocycles. The summed E-state index contributed by atoms with van der Waals surface area (Å²) in [5.41, 5.74) is 1.53. The van der Waals surface area contributed by atoms with Crippen LogP contribution in [0.5, 0.6) is 0 Å². The third-order valence-electron chi connectivity index (χ3n) is 5.18. The molecule has 0 spiro atoms. The van der Waals surface area contributed by atoms with Crippen molar-refractivity contribution in [3.05, 3.63) is 96.6 Å². The first kappa shape index (κ1) is 22.1. The summed E-state index contributed by atoms with van der Waals surface area (Å²) < 4.78 is 11.4. The molecular formula is C28H26O3S. The molecule has 0 fully saturated rings. The second-order valence-corrected chi connectivity index (χ2v) is 9.03. The van der Waals surface area contributed by atoms with Crippen LogP contribution in [-0.2, 0) is 20.9 Å². The molecule has 1 unspecified atom stereocenters. The monoisotopic (exact) mass is 442 g/mol. The molecule has 1 atom stereocenters. The highest BCUT2D eigenvalue weighted by Gasteiger charge is 2.13. The number of fused-ring (bicyclic) bond motifs is 2. The van der Waals surface area contributed by atoms with E-state index in [1.807, 2.05) is 13.0 Å². The number of rotatable bonds is 8. The predicted molar refractivity (Wildman–Crippen MR) is 132 cm³/mol. The quantitative estimate of drug-likeness (QED) is 0.165. The van der Waals surface area contributed by atoms with Gasteiger partial charge in [0, 0.05) is 15.4 Å². The van der Waals surface area contributed by atoms with Crippen molar-refractivity contribution in [1.29, 1.82) is 0 Å². The fourth-order valence-corrected chi connectivity index (χ4v) is 4.50. The van der Waals surface area contributed by atoms with Gasteiger partial charge in [-0.3, -0.25) is 0 Å². The van der Waals surface area contributed by atoms with Crippen LogP contribution in [0, 0.1) is 0 Å². The minimum atomic E-state index is -0.390. The van der Waals surface area contributed by atoms with Crippen molar-refractivity contribution in [2.45, 2.75) is 36.3 Å². The van der Waals surface area contributed by atoms with Crippen LogP contribution in [0.1, 0.15) is 19.4 Å². The van der Waals surface area contributed by atoms with Gasteiger partial charge in [-0.05, 0) is 71.3 Å². The standard InChI is InChI=1S/C28H26O3S/c1-19(2)28(29)31-20(3)17-30-18-27-25-12-8-7-9-21(25)15-22-13-14-24(16-26(22)27)32-23-10-5-4-6-11-23/h4-16,20H,1,17-18H2,2-3H3. The molecule has 4 aromatic carbocycles. The molecule has 0 heterocycles. The Labute approximate surface area is 193 Å². The molecule has 0 aliphatic heterocycles. The lowest BCUT2D eigenvalue weighted by atomic mass is 9.97. The lowest BCUT2D eigenvalue weighted by Gasteiger charge is -2.16. The van der Waals surface area contributed by atoms with E-state index in [0.717, 1.165) is 5.56 Å². The summed E-state index contributed by atoms with van der Waals surface area (Å²) in [5.74, 6) is -0.390. The minimum absolute atomic E-state index is 0.322. The van der Waals surface area contributed by atoms with E-state index in [9.17, 15) is 4.79 Å². The van der Waals surface area contributed by atoms with Gasteiger partial charge in [-0.1, -0.05) is 66.9 Å². The number of hydrogen-bond donors (Lipinski definition) is 0. The summed E-state index contributed by atoms with van der Waals surface area (Å²) in [5, 5.41) is 4.72. The van der Waals surface area contributed by atoms with Gasteiger partial charge in [0.2, 0.25) is 0 Å². The Bertz CT molecular complexity index is 1260. The largest absolute Gasteiger partial charge is 0.457 e. The third kappa shape index (κ3) is 5.21. The Balaban J connectivity index is 1.62. The van der Waals surface area contributed by atoms with Gasteiger partial charge >= 0.3 is 5.97 Å². The van der Waals surface area contributed by atoms with Gasteiger partial charge in [0.1, 0.15) is 6.10 Å². The number of carbonyl (C=O) groups is 1. The van der Waals surface area contributed by atoms with E-state index in [2.05, 4.69) is 79.4 Å². The first-order valence-corrected chi connectivity index (χ1v) is 11.4. The van der Waals surface area contributed by atoms with Crippen molar-refractivity contribution in [1.82, 2.24) is 0 Å². The molecule has 0 saturated heterocycles. The smallest absolute Gasteiger partial charge is 0.333 e. The van der Waals surface area contributed by atoms with Gasteiger partial charge in [-0.25, -0.2) is 4.79 Å². The van der Waals surface area contributed by atoms with Gasteiger partial charge in [-0.2, -0.15) is 0 Å². The molecule has 32 heavy (non-hydrogen) atoms. The average molecular weight is 443 g/mol. The number of hydrogen-bond acceptors (Lipinski definition) is 4. The van der Waals surface area contributed by atoms with Crippen LogP contribution >= 0.6 is 11.8 Å². The Kier molecular flexibility index (Phi) is 6.93. The number of benzene rings is 4. The SMILES string of the molecule is C=C(C)C(=O)OC(C)COCc1c2ccccc2cc2ccc(Sc3ccccc3)cc12. The molecule has 0 N–H and O–H groups in total. The maximum absolute atomic E-state index is 11.7. The molecule has 0 bridgehead atoms. The minimum Gasteiger partial charge on any atom is -0.457 e. The highest BCUT2D eigenvalue weighted by molar-refractivity contribution is 7.99. The normalized spacial score (nSPS) is 12.1. The Hall–Kier alpha value is -3.08. The van der Waals surface area contributed by atoms with Crippen LogP contribution in [0.3, 0.4) is 0 Å². The molecule has 4 heteroatoms. The molecule has 4 rings (SSSR count). The van der Waals surface area contributed by atoms with Gasteiger partial charge < -0.3 is 9.47 Å². The van der Waals surface area contributed by atoms with Gasteiger partial charge in [0.05, 0.1) is 13.2 Å². The topological polar surface area (TPSA) is 35.5 Å². The Morgan fingerprint density at radius 1 is 0.906 bits per heavy atom. The van der Waals surface area contributed by atoms with E-state index in [1.54, 1.807) is 18.7 Å². The summed E-state index contributed by atoms with van der Waals surface area (Å²) in [7, 11) is 0. The summed E-state index contributed by atoms with van der Waals surface area (Å²) in [6.45, 7) is 7.86. The van der Waals surface area contributed by atoms with E-state index >= 15 is 0 Å². The Morgan fingerprint density at radius 3 is 2.41 bits per heavy atom. The molecule has 0 aliphatic carbocycles. The first-order valence-electron chi connectivity index (χ1n) is 10.6. The lowest BCUT2D eigenvalue weighted by Crippen LogP contribution is -2.20. The van der Waals surface area contributed by atoms with Crippen LogP contribution in [-0.4, -0.2) is 18.7 Å². The molecule has 0 aliphatic rings. The molecule has 0 amide bonds. The first-order chi connectivity index (χ1) is 15.5. The number of carbonyl (C=O) groups excluding carboxylic acids is 1. The summed E-state index contributed by atoms with van der Waals surface area (Å²) in [4.78, 5) is 14.1. The van der Waals surface area contributed by atoms with Crippen molar-refractivity contribution in [3.8, 4) is 0 Å². The van der Waals surface area contributed by atoms with Crippen molar-refractivity contribution in [2.24, 2.45) is 0 Å².